The number of carbonyl (C=O) groups excluding carboxylic acids is 1. The molecule has 4 aliphatic rings. The van der Waals surface area contributed by atoms with E-state index in [0.29, 0.717) is 0 Å². The van der Waals surface area contributed by atoms with E-state index in [2.05, 4.69) is 59.7 Å². The molecule has 0 bridgehead atoms. The van der Waals surface area contributed by atoms with Gasteiger partial charge in [0.05, 0.1) is 0 Å². The predicted molar refractivity (Wildman–Crippen MR) is 121 cm³/mol. The van der Waals surface area contributed by atoms with Crippen LogP contribution < -0.4 is 0 Å². The van der Waals surface area contributed by atoms with E-state index >= 15 is 0 Å². The van der Waals surface area contributed by atoms with Crippen molar-refractivity contribution in [3.63, 3.8) is 0 Å². The third-order valence-corrected chi connectivity index (χ3v) is 6.92. The van der Waals surface area contributed by atoms with Crippen LogP contribution in [0.15, 0.2) is 0 Å². The van der Waals surface area contributed by atoms with E-state index in [9.17, 15) is 4.79 Å². The molecule has 0 unspecified atom stereocenters. The minimum Gasteiger partial charge on any atom is -0.340 e. The molecule has 0 aromatic heterocycles. The lowest BCUT2D eigenvalue weighted by molar-refractivity contribution is -0.130. The maximum atomic E-state index is 10.8. The standard InChI is InChI=1S/C9H18N2.C7H14N2O.C6H14N2/c1-10-6-8-4-3-5-11(2)9(8)7-10;1-7(10)9-5-3-8(2)4-6-9;1-7-3-5-8(2)6-4-7/h8-9H,3-7H2,1-2H3;3-6H2,1-2H3;3-6H2,1-2H3/t8-,9+;;/m0../s1. The number of rotatable bonds is 0. The molecule has 4 fully saturated rings. The van der Waals surface area contributed by atoms with Crippen molar-refractivity contribution < 1.29 is 4.79 Å². The Hall–Kier alpha value is -0.730. The Morgan fingerprint density at radius 3 is 1.59 bits per heavy atom. The maximum Gasteiger partial charge on any atom is 0.219 e. The van der Waals surface area contributed by atoms with Gasteiger partial charge in [-0.05, 0) is 60.5 Å². The van der Waals surface area contributed by atoms with Crippen molar-refractivity contribution in [3.05, 3.63) is 0 Å². The van der Waals surface area contributed by atoms with Gasteiger partial charge in [0, 0.05) is 78.4 Å². The molecule has 4 aliphatic heterocycles. The average molecular weight is 411 g/mol. The molecule has 0 aromatic rings. The Bertz CT molecular complexity index is 464. The summed E-state index contributed by atoms with van der Waals surface area (Å²) in [6, 6.07) is 0.869. The molecule has 0 aliphatic carbocycles. The third kappa shape index (κ3) is 8.50. The molecule has 1 amide bonds. The largest absolute Gasteiger partial charge is 0.340 e. The van der Waals surface area contributed by atoms with Crippen molar-refractivity contribution in [2.75, 3.05) is 107 Å². The minimum absolute atomic E-state index is 0.202. The highest BCUT2D eigenvalue weighted by atomic mass is 16.2. The first-order valence-electron chi connectivity index (χ1n) is 11.5. The second-order valence-electron chi connectivity index (χ2n) is 9.59. The summed E-state index contributed by atoms with van der Waals surface area (Å²) in [4.78, 5) is 24.7. The molecule has 7 heteroatoms. The molecule has 4 heterocycles. The summed E-state index contributed by atoms with van der Waals surface area (Å²) in [6.45, 7) is 14.3. The number of likely N-dealkylation sites (N-methyl/N-ethyl adjacent to an activating group) is 5. The molecule has 7 nitrogen and oxygen atoms in total. The van der Waals surface area contributed by atoms with Gasteiger partial charge in [0.2, 0.25) is 5.91 Å². The number of piperazine rings is 2. The van der Waals surface area contributed by atoms with E-state index in [1.807, 2.05) is 4.90 Å². The zero-order valence-corrected chi connectivity index (χ0v) is 19.9. The van der Waals surface area contributed by atoms with Crippen LogP contribution in [0, 0.1) is 5.92 Å². The van der Waals surface area contributed by atoms with Crippen molar-refractivity contribution in [1.29, 1.82) is 0 Å². The van der Waals surface area contributed by atoms with E-state index in [1.54, 1.807) is 6.92 Å². The summed E-state index contributed by atoms with van der Waals surface area (Å²) in [6.07, 6.45) is 2.87. The molecule has 170 valence electrons. The van der Waals surface area contributed by atoms with Gasteiger partial charge in [-0.3, -0.25) is 4.79 Å². The SMILES string of the molecule is CC(=O)N1CCN(C)CC1.CN1CCN(C)CC1.CN1C[C@@H]2CCCN(C)[C@@H]2C1. The Balaban J connectivity index is 0.000000157. The molecular weight excluding hydrogens is 364 g/mol. The van der Waals surface area contributed by atoms with Gasteiger partial charge < -0.3 is 29.4 Å². The fourth-order valence-electron chi connectivity index (χ4n) is 4.64. The van der Waals surface area contributed by atoms with Gasteiger partial charge in [0.25, 0.3) is 0 Å². The lowest BCUT2D eigenvalue weighted by atomic mass is 9.93. The summed E-state index contributed by atoms with van der Waals surface area (Å²) in [5.74, 6) is 1.17. The molecule has 0 radical (unpaired) electrons. The first-order valence-corrected chi connectivity index (χ1v) is 11.5. The monoisotopic (exact) mass is 410 g/mol. The van der Waals surface area contributed by atoms with Crippen LogP contribution in [-0.2, 0) is 4.79 Å². The van der Waals surface area contributed by atoms with Crippen LogP contribution in [0.2, 0.25) is 0 Å². The van der Waals surface area contributed by atoms with Gasteiger partial charge in [0.15, 0.2) is 0 Å². The topological polar surface area (TPSA) is 36.5 Å². The van der Waals surface area contributed by atoms with E-state index < -0.39 is 0 Å². The fourth-order valence-corrected chi connectivity index (χ4v) is 4.64. The number of likely N-dealkylation sites (tertiary alicyclic amines) is 2. The number of carbonyl (C=O) groups is 1. The zero-order valence-electron chi connectivity index (χ0n) is 19.9. The molecule has 0 spiro atoms. The molecule has 0 aromatic carbocycles. The van der Waals surface area contributed by atoms with Crippen LogP contribution in [0.4, 0.5) is 0 Å². The van der Waals surface area contributed by atoms with Gasteiger partial charge in [-0.25, -0.2) is 0 Å². The van der Waals surface area contributed by atoms with E-state index in [4.69, 9.17) is 0 Å². The first kappa shape index (κ1) is 24.5. The minimum atomic E-state index is 0.202. The van der Waals surface area contributed by atoms with Crippen molar-refractivity contribution in [2.45, 2.75) is 25.8 Å². The predicted octanol–water partition coefficient (Wildman–Crippen LogP) is 0.286. The molecule has 0 saturated carbocycles. The van der Waals surface area contributed by atoms with Crippen LogP contribution in [0.3, 0.4) is 0 Å². The van der Waals surface area contributed by atoms with Gasteiger partial charge >= 0.3 is 0 Å². The molecule has 4 saturated heterocycles. The molecule has 4 rings (SSSR count). The second-order valence-corrected chi connectivity index (χ2v) is 9.59. The number of hydrogen-bond acceptors (Lipinski definition) is 6. The summed E-state index contributed by atoms with van der Waals surface area (Å²) in [5, 5.41) is 0. The highest BCUT2D eigenvalue weighted by molar-refractivity contribution is 5.73. The lowest BCUT2D eigenvalue weighted by Crippen LogP contribution is -2.46. The Morgan fingerprint density at radius 1 is 0.655 bits per heavy atom. The van der Waals surface area contributed by atoms with Crippen LogP contribution in [0.1, 0.15) is 19.8 Å². The number of nitrogens with zero attached hydrogens (tertiary/aromatic N) is 6. The maximum absolute atomic E-state index is 10.8. The molecular formula is C22H46N6O. The number of piperidine rings is 1. The van der Waals surface area contributed by atoms with Gasteiger partial charge in [-0.15, -0.1) is 0 Å². The van der Waals surface area contributed by atoms with Crippen LogP contribution >= 0.6 is 0 Å². The zero-order chi connectivity index (χ0) is 21.4. The van der Waals surface area contributed by atoms with Crippen LogP contribution in [0.25, 0.3) is 0 Å². The van der Waals surface area contributed by atoms with Crippen molar-refractivity contribution in [3.8, 4) is 0 Å². The average Bonchev–Trinajstić information content (AvgIpc) is 3.07. The highest BCUT2D eigenvalue weighted by Crippen LogP contribution is 2.28. The smallest absolute Gasteiger partial charge is 0.219 e. The Kier molecular flexibility index (Phi) is 10.3. The van der Waals surface area contributed by atoms with E-state index in [-0.39, 0.29) is 5.91 Å². The fraction of sp³-hybridized carbons (Fsp3) is 0.955. The van der Waals surface area contributed by atoms with Gasteiger partial charge in [-0.1, -0.05) is 0 Å². The van der Waals surface area contributed by atoms with Crippen LogP contribution in [-0.4, -0.2) is 149 Å². The first-order chi connectivity index (χ1) is 13.8. The third-order valence-electron chi connectivity index (χ3n) is 6.92. The summed E-state index contributed by atoms with van der Waals surface area (Å²) < 4.78 is 0. The van der Waals surface area contributed by atoms with E-state index in [0.717, 1.165) is 38.1 Å². The quantitative estimate of drug-likeness (QED) is 0.571. The Labute approximate surface area is 179 Å². The van der Waals surface area contributed by atoms with Gasteiger partial charge in [-0.2, -0.15) is 0 Å². The molecule has 2 atom stereocenters. The van der Waals surface area contributed by atoms with Crippen molar-refractivity contribution in [1.82, 2.24) is 29.4 Å². The van der Waals surface area contributed by atoms with Gasteiger partial charge in [0.1, 0.15) is 0 Å². The van der Waals surface area contributed by atoms with Crippen molar-refractivity contribution in [2.24, 2.45) is 5.92 Å². The lowest BCUT2D eigenvalue weighted by Gasteiger charge is -2.33. The number of fused-ring (bicyclic) bond motifs is 1. The Morgan fingerprint density at radius 2 is 1.14 bits per heavy atom. The molecule has 29 heavy (non-hydrogen) atoms. The highest BCUT2D eigenvalue weighted by Gasteiger charge is 2.35. The summed E-state index contributed by atoms with van der Waals surface area (Å²) >= 11 is 0. The second kappa shape index (κ2) is 12.2. The number of amides is 1. The normalized spacial score (nSPS) is 30.1. The van der Waals surface area contributed by atoms with Crippen LogP contribution in [0.5, 0.6) is 0 Å². The van der Waals surface area contributed by atoms with Crippen molar-refractivity contribution >= 4 is 5.91 Å². The number of hydrogen-bond donors (Lipinski definition) is 0. The van der Waals surface area contributed by atoms with E-state index in [1.165, 1.54) is 58.7 Å². The summed E-state index contributed by atoms with van der Waals surface area (Å²) in [5.41, 5.74) is 0. The molecule has 0 N–H and O–H groups in total. The summed E-state index contributed by atoms with van der Waals surface area (Å²) in [7, 11) is 10.9.